The number of unbranched alkanes of at least 4 members (excludes halogenated alkanes) is 23. The van der Waals surface area contributed by atoms with E-state index in [1.165, 1.54) is 109 Å². The maximum atomic E-state index is 12.8. The third kappa shape index (κ3) is 33.9. The van der Waals surface area contributed by atoms with Crippen LogP contribution in [0, 0.1) is 11.8 Å². The summed E-state index contributed by atoms with van der Waals surface area (Å²) < 4.78 is 32.8. The van der Waals surface area contributed by atoms with Crippen molar-refractivity contribution in [3.05, 3.63) is 24.3 Å². The fourth-order valence-corrected chi connectivity index (χ4v) is 8.96. The molecule has 0 spiro atoms. The number of aliphatic hydroxyl groups is 3. The summed E-state index contributed by atoms with van der Waals surface area (Å²) in [6.07, 6.45) is 36.2. The molecule has 0 aliphatic heterocycles. The van der Waals surface area contributed by atoms with E-state index in [0.29, 0.717) is 32.1 Å². The summed E-state index contributed by atoms with van der Waals surface area (Å²) in [5.74, 6) is -3.07. The molecule has 0 amide bonds. The number of hydrogen-bond donors (Lipinski definition) is 6. The Hall–Kier alpha value is -2.16. The SMILES string of the molecule is CCCCCCCCCCCCCCCCCCCCCCCC(=O)OC[C@H](COP(=O)(O)OC[C@H](N)C(=O)O)OC(=O)CCC/C=C/C[C@@H]1[C@@H](/C=C/[C@@H](O)CCCCC)[C@H](O)C[C@@H]1O. The van der Waals surface area contributed by atoms with E-state index in [-0.39, 0.29) is 31.1 Å². The Kier molecular flexibility index (Phi) is 37.3. The molecule has 0 radical (unpaired) electrons. The topological polar surface area (TPSA) is 232 Å². The van der Waals surface area contributed by atoms with Gasteiger partial charge in [-0.1, -0.05) is 186 Å². The summed E-state index contributed by atoms with van der Waals surface area (Å²) in [5.41, 5.74) is 5.35. The first-order valence-electron chi connectivity index (χ1n) is 25.6. The zero-order valence-electron chi connectivity index (χ0n) is 40.4. The van der Waals surface area contributed by atoms with Gasteiger partial charge in [0.25, 0.3) is 0 Å². The molecule has 380 valence electrons. The van der Waals surface area contributed by atoms with E-state index in [2.05, 4.69) is 18.4 Å². The van der Waals surface area contributed by atoms with E-state index in [4.69, 9.17) is 24.8 Å². The highest BCUT2D eigenvalue weighted by Gasteiger charge is 2.39. The molecular weight excluding hydrogens is 854 g/mol. The molecular formula is C50H92NO13P. The van der Waals surface area contributed by atoms with Gasteiger partial charge in [-0.05, 0) is 38.0 Å². The molecule has 1 aliphatic rings. The van der Waals surface area contributed by atoms with Crippen LogP contribution >= 0.6 is 7.82 Å². The Bertz CT molecular complexity index is 1320. The molecule has 15 heteroatoms. The van der Waals surface area contributed by atoms with Crippen LogP contribution in [0.3, 0.4) is 0 Å². The number of carboxylic acids is 1. The number of rotatable bonds is 44. The molecule has 1 aliphatic carbocycles. The fraction of sp³-hybridized carbons (Fsp3) is 0.860. The predicted molar refractivity (Wildman–Crippen MR) is 256 cm³/mol. The first-order valence-corrected chi connectivity index (χ1v) is 27.1. The van der Waals surface area contributed by atoms with Crippen LogP contribution < -0.4 is 5.73 Å². The maximum Gasteiger partial charge on any atom is 0.472 e. The van der Waals surface area contributed by atoms with Crippen LogP contribution in [-0.4, -0.2) is 93.5 Å². The van der Waals surface area contributed by atoms with Crippen molar-refractivity contribution in [3.8, 4) is 0 Å². The van der Waals surface area contributed by atoms with Crippen molar-refractivity contribution >= 4 is 25.7 Å². The van der Waals surface area contributed by atoms with Gasteiger partial charge in [-0.15, -0.1) is 0 Å². The number of aliphatic carboxylic acids is 1. The highest BCUT2D eigenvalue weighted by atomic mass is 31.2. The van der Waals surface area contributed by atoms with Gasteiger partial charge in [0.1, 0.15) is 12.6 Å². The second-order valence-corrected chi connectivity index (χ2v) is 19.7. The number of phosphoric acid groups is 1. The Morgan fingerprint density at radius 2 is 1.15 bits per heavy atom. The number of esters is 2. The number of aliphatic hydroxyl groups excluding tert-OH is 3. The van der Waals surface area contributed by atoms with Crippen LogP contribution in [0.25, 0.3) is 0 Å². The lowest BCUT2D eigenvalue weighted by Gasteiger charge is -2.20. The van der Waals surface area contributed by atoms with Crippen LogP contribution in [0.15, 0.2) is 24.3 Å². The molecule has 0 aromatic carbocycles. The van der Waals surface area contributed by atoms with Gasteiger partial charge in [-0.25, -0.2) is 4.57 Å². The molecule has 0 bridgehead atoms. The monoisotopic (exact) mass is 946 g/mol. The normalized spacial score (nSPS) is 20.0. The van der Waals surface area contributed by atoms with Crippen LogP contribution in [-0.2, 0) is 37.5 Å². The third-order valence-electron chi connectivity index (χ3n) is 12.3. The lowest BCUT2D eigenvalue weighted by molar-refractivity contribution is -0.161. The van der Waals surface area contributed by atoms with Gasteiger partial charge in [-0.2, -0.15) is 0 Å². The van der Waals surface area contributed by atoms with E-state index < -0.39 is 76.0 Å². The van der Waals surface area contributed by atoms with Crippen LogP contribution in [0.1, 0.15) is 213 Å². The molecule has 1 saturated carbocycles. The Morgan fingerprint density at radius 3 is 1.69 bits per heavy atom. The lowest BCUT2D eigenvalue weighted by Crippen LogP contribution is -2.34. The Morgan fingerprint density at radius 1 is 0.662 bits per heavy atom. The largest absolute Gasteiger partial charge is 0.480 e. The van der Waals surface area contributed by atoms with Gasteiger partial charge in [-0.3, -0.25) is 23.4 Å². The lowest BCUT2D eigenvalue weighted by atomic mass is 9.89. The zero-order valence-corrected chi connectivity index (χ0v) is 41.3. The van der Waals surface area contributed by atoms with Crippen molar-refractivity contribution in [1.82, 2.24) is 0 Å². The van der Waals surface area contributed by atoms with Crippen LogP contribution in [0.2, 0.25) is 0 Å². The first-order chi connectivity index (χ1) is 31.3. The molecule has 0 aromatic heterocycles. The van der Waals surface area contributed by atoms with Crippen molar-refractivity contribution in [2.75, 3.05) is 19.8 Å². The second kappa shape index (κ2) is 39.8. The van der Waals surface area contributed by atoms with Crippen molar-refractivity contribution in [3.63, 3.8) is 0 Å². The highest BCUT2D eigenvalue weighted by Crippen LogP contribution is 2.43. The molecule has 0 aromatic rings. The van der Waals surface area contributed by atoms with Gasteiger partial charge < -0.3 is 40.5 Å². The quantitative estimate of drug-likeness (QED) is 0.0144. The van der Waals surface area contributed by atoms with Crippen LogP contribution in [0.4, 0.5) is 0 Å². The minimum Gasteiger partial charge on any atom is -0.480 e. The number of ether oxygens (including phenoxy) is 2. The van der Waals surface area contributed by atoms with Crippen molar-refractivity contribution in [1.29, 1.82) is 0 Å². The summed E-state index contributed by atoms with van der Waals surface area (Å²) >= 11 is 0. The molecule has 0 saturated heterocycles. The van der Waals surface area contributed by atoms with Crippen molar-refractivity contribution in [2.45, 2.75) is 243 Å². The van der Waals surface area contributed by atoms with Crippen molar-refractivity contribution < 1.29 is 62.8 Å². The van der Waals surface area contributed by atoms with E-state index in [9.17, 15) is 39.2 Å². The molecule has 8 atom stereocenters. The maximum absolute atomic E-state index is 12.8. The standard InChI is InChI=1S/C50H92NO13P/c1-3-5-7-8-9-10-11-12-13-14-15-16-17-18-19-20-21-22-23-24-29-33-48(55)61-38-42(39-62-65(59,60)63-40-45(51)50(57)58)64-49(56)34-30-26-25-28-32-43-44(47(54)37-46(43)53)36-35-41(52)31-27-6-4-2/h25,28,35-36,41-47,52-54H,3-24,26-27,29-34,37-40,51H2,1-2H3,(H,57,58)(H,59,60)/b28-25+,36-35+/t41-,42+,43+,44+,45-,46-,47+/m0/s1. The second-order valence-electron chi connectivity index (χ2n) is 18.3. The summed E-state index contributed by atoms with van der Waals surface area (Å²) in [4.78, 5) is 46.4. The summed E-state index contributed by atoms with van der Waals surface area (Å²) in [6, 6.07) is -1.56. The van der Waals surface area contributed by atoms with Gasteiger partial charge in [0, 0.05) is 25.2 Å². The van der Waals surface area contributed by atoms with Gasteiger partial charge in [0.05, 0.1) is 31.5 Å². The average molecular weight is 946 g/mol. The number of nitrogens with two attached hydrogens (primary N) is 1. The van der Waals surface area contributed by atoms with Crippen LogP contribution in [0.5, 0.6) is 0 Å². The summed E-state index contributed by atoms with van der Waals surface area (Å²) in [7, 11) is -4.79. The molecule has 7 N–H and O–H groups in total. The molecule has 1 fully saturated rings. The van der Waals surface area contributed by atoms with Gasteiger partial charge >= 0.3 is 25.7 Å². The highest BCUT2D eigenvalue weighted by molar-refractivity contribution is 7.47. The summed E-state index contributed by atoms with van der Waals surface area (Å²) in [6.45, 7) is 2.50. The number of hydrogen-bond acceptors (Lipinski definition) is 12. The first kappa shape index (κ1) is 60.9. The fourth-order valence-electron chi connectivity index (χ4n) is 8.18. The number of carboxylic acid groups (broad SMARTS) is 1. The molecule has 14 nitrogen and oxygen atoms in total. The van der Waals surface area contributed by atoms with E-state index >= 15 is 0 Å². The molecule has 1 unspecified atom stereocenters. The van der Waals surface area contributed by atoms with Gasteiger partial charge in [0.15, 0.2) is 6.10 Å². The van der Waals surface area contributed by atoms with E-state index in [0.717, 1.165) is 38.5 Å². The number of carbonyl (C=O) groups excluding carboxylic acids is 2. The number of carbonyl (C=O) groups is 3. The number of allylic oxidation sites excluding steroid dienone is 2. The average Bonchev–Trinajstić information content (AvgIpc) is 3.54. The minimum absolute atomic E-state index is 0.0129. The Labute approximate surface area is 392 Å². The Balaban J connectivity index is 2.38. The smallest absolute Gasteiger partial charge is 0.472 e. The third-order valence-corrected chi connectivity index (χ3v) is 13.2. The molecule has 1 rings (SSSR count). The van der Waals surface area contributed by atoms with E-state index in [1.807, 2.05) is 18.2 Å². The molecule has 65 heavy (non-hydrogen) atoms. The van der Waals surface area contributed by atoms with Gasteiger partial charge in [0.2, 0.25) is 0 Å². The predicted octanol–water partition coefficient (Wildman–Crippen LogP) is 10.6. The summed E-state index contributed by atoms with van der Waals surface area (Å²) in [5, 5.41) is 40.3. The van der Waals surface area contributed by atoms with Crippen molar-refractivity contribution in [2.24, 2.45) is 17.6 Å². The minimum atomic E-state index is -4.79. The van der Waals surface area contributed by atoms with E-state index in [1.54, 1.807) is 6.08 Å². The zero-order chi connectivity index (χ0) is 48.0. The number of phosphoric ester groups is 1. The molecule has 0 heterocycles.